The van der Waals surface area contributed by atoms with E-state index in [0.29, 0.717) is 0 Å². The van der Waals surface area contributed by atoms with Gasteiger partial charge in [0.2, 0.25) is 0 Å². The zero-order valence-corrected chi connectivity index (χ0v) is 18.6. The molecule has 2 fully saturated rings. The number of ketones is 1. The number of hydrogen-bond donors (Lipinski definition) is 2. The predicted molar refractivity (Wildman–Crippen MR) is 124 cm³/mol. The number of fused-ring (bicyclic) bond motifs is 2. The van der Waals surface area contributed by atoms with E-state index >= 15 is 0 Å². The number of rotatable bonds is 4. The van der Waals surface area contributed by atoms with Crippen molar-refractivity contribution in [1.82, 2.24) is 19.9 Å². The van der Waals surface area contributed by atoms with Crippen LogP contribution < -0.4 is 10.6 Å². The molecule has 0 radical (unpaired) electrons. The lowest BCUT2D eigenvalue weighted by Crippen LogP contribution is -3.02. The average Bonchev–Trinajstić information content (AvgIpc) is 2.91. The molecule has 0 aromatic carbocycles. The van der Waals surface area contributed by atoms with E-state index in [9.17, 15) is 4.79 Å². The third-order valence-electron chi connectivity index (χ3n) is 7.31. The van der Waals surface area contributed by atoms with Gasteiger partial charge in [0.25, 0.3) is 0 Å². The molecule has 0 aliphatic carbocycles. The van der Waals surface area contributed by atoms with E-state index in [0.717, 1.165) is 22.3 Å². The molecule has 2 aliphatic rings. The van der Waals surface area contributed by atoms with Crippen LogP contribution in [0.2, 0.25) is 0 Å². The van der Waals surface area contributed by atoms with E-state index in [1.165, 1.54) is 0 Å². The Bertz CT molecular complexity index is 1070. The summed E-state index contributed by atoms with van der Waals surface area (Å²) in [5.41, 5.74) is 4.26. The molecule has 6 atom stereocenters. The Morgan fingerprint density at radius 3 is 1.03 bits per heavy atom. The summed E-state index contributed by atoms with van der Waals surface area (Å²) in [6, 6.07) is 15.9. The van der Waals surface area contributed by atoms with Crippen molar-refractivity contribution in [3.8, 4) is 0 Å². The van der Waals surface area contributed by atoms with Crippen LogP contribution in [0.5, 0.6) is 0 Å². The van der Waals surface area contributed by atoms with Crippen LogP contribution in [-0.2, 0) is 4.79 Å². The monoisotopic (exact) mass is 450 g/mol. The largest absolute Gasteiger partial charge is 0.332 e. The Kier molecular flexibility index (Phi) is 5.41. The van der Waals surface area contributed by atoms with Crippen molar-refractivity contribution in [3.63, 3.8) is 0 Å². The Labute approximate surface area is 197 Å². The van der Waals surface area contributed by atoms with Gasteiger partial charge < -0.3 is 10.6 Å². The van der Waals surface area contributed by atoms with Gasteiger partial charge >= 0.3 is 0 Å². The van der Waals surface area contributed by atoms with Crippen LogP contribution in [0.1, 0.15) is 46.4 Å². The molecule has 4 aromatic rings. The van der Waals surface area contributed by atoms with Crippen LogP contribution in [0.25, 0.3) is 0 Å². The molecule has 0 spiro atoms. The summed E-state index contributed by atoms with van der Waals surface area (Å²) < 4.78 is 0. The smallest absolute Gasteiger partial charge is 0.164 e. The number of quaternary nitrogens is 2. The number of aromatic nitrogens is 4. The lowest BCUT2D eigenvalue weighted by Gasteiger charge is -2.47. The van der Waals surface area contributed by atoms with E-state index in [1.54, 1.807) is 24.8 Å². The van der Waals surface area contributed by atoms with Crippen LogP contribution in [0.3, 0.4) is 0 Å². The highest BCUT2D eigenvalue weighted by Crippen LogP contribution is 2.44. The van der Waals surface area contributed by atoms with Gasteiger partial charge in [0.15, 0.2) is 5.78 Å². The van der Waals surface area contributed by atoms with Crippen molar-refractivity contribution in [2.75, 3.05) is 0 Å². The third kappa shape index (κ3) is 3.59. The fourth-order valence-electron chi connectivity index (χ4n) is 5.87. The molecule has 7 nitrogen and oxygen atoms in total. The number of carbonyl (C=O) groups is 1. The first-order valence-electron chi connectivity index (χ1n) is 11.6. The number of pyridine rings is 4. The molecule has 6 heterocycles. The molecule has 0 amide bonds. The molecule has 0 saturated carbocycles. The van der Waals surface area contributed by atoms with Crippen LogP contribution in [0, 0.1) is 11.8 Å². The van der Waals surface area contributed by atoms with E-state index in [4.69, 9.17) is 0 Å². The van der Waals surface area contributed by atoms with Crippen LogP contribution in [0.15, 0.2) is 98.1 Å². The standard InChI is InChI=1S/C27H24N6O/c34-27-21-23(17-5-1-9-28-13-17)32-25(19-7-3-11-30-15-19)22(27)26(20-8-4-12-31-16-20)33-24(21)18-6-2-10-29-14-18/h1-16,21-26,32-33H/p+2/t21?,22?,23-,24+,25+,26-. The SMILES string of the molecule is O=C1C2[C@@H](c3cccnc3)[NH2+][C@@H](c3cccnc3)C1[C@@H](c1cccnc1)[NH2+][C@H]2c1cccnc1. The quantitative estimate of drug-likeness (QED) is 0.491. The molecule has 2 aliphatic heterocycles. The fraction of sp³-hybridized carbons (Fsp3) is 0.222. The molecule has 7 heteroatoms. The van der Waals surface area contributed by atoms with Crippen molar-refractivity contribution in [2.45, 2.75) is 24.2 Å². The van der Waals surface area contributed by atoms with Gasteiger partial charge in [-0.15, -0.1) is 0 Å². The normalized spacial score (nSPS) is 28.4. The maximum atomic E-state index is 14.4. The molecule has 168 valence electrons. The Morgan fingerprint density at radius 1 is 0.500 bits per heavy atom. The number of piperidine rings is 2. The van der Waals surface area contributed by atoms with Gasteiger partial charge in [-0.1, -0.05) is 0 Å². The second-order valence-electron chi connectivity index (χ2n) is 9.09. The minimum Gasteiger partial charge on any atom is -0.332 e. The number of Topliss-reactive ketones (excluding diaryl/α,β-unsaturated/α-hetero) is 1. The second-order valence-corrected chi connectivity index (χ2v) is 9.09. The van der Waals surface area contributed by atoms with Gasteiger partial charge in [-0.05, 0) is 48.5 Å². The summed E-state index contributed by atoms with van der Waals surface area (Å²) in [5, 5.41) is 4.73. The highest BCUT2D eigenvalue weighted by atomic mass is 16.1. The summed E-state index contributed by atoms with van der Waals surface area (Å²) >= 11 is 0. The lowest BCUT2D eigenvalue weighted by molar-refractivity contribution is -0.815. The van der Waals surface area contributed by atoms with E-state index in [1.807, 2.05) is 49.1 Å². The summed E-state index contributed by atoms with van der Waals surface area (Å²) in [6.07, 6.45) is 14.7. The first-order chi connectivity index (χ1) is 16.8. The van der Waals surface area contributed by atoms with E-state index in [2.05, 4.69) is 54.8 Å². The highest BCUT2D eigenvalue weighted by Gasteiger charge is 2.60. The minimum atomic E-state index is -0.209. The number of hydrogen-bond acceptors (Lipinski definition) is 5. The summed E-state index contributed by atoms with van der Waals surface area (Å²) in [7, 11) is 0. The van der Waals surface area contributed by atoms with Crippen LogP contribution in [0.4, 0.5) is 0 Å². The van der Waals surface area contributed by atoms with Gasteiger partial charge in [-0.2, -0.15) is 0 Å². The average molecular weight is 451 g/mol. The van der Waals surface area contributed by atoms with Crippen LogP contribution >= 0.6 is 0 Å². The topological polar surface area (TPSA) is 102 Å². The van der Waals surface area contributed by atoms with Gasteiger partial charge in [0, 0.05) is 71.8 Å². The van der Waals surface area contributed by atoms with Crippen molar-refractivity contribution in [3.05, 3.63) is 120 Å². The Hall–Kier alpha value is -3.81. The zero-order chi connectivity index (χ0) is 22.9. The molecule has 6 rings (SSSR count). The Morgan fingerprint density at radius 2 is 0.794 bits per heavy atom. The Balaban J connectivity index is 1.52. The first kappa shape index (κ1) is 20.8. The predicted octanol–water partition coefficient (Wildman–Crippen LogP) is 1.49. The molecule has 4 aromatic heterocycles. The van der Waals surface area contributed by atoms with E-state index in [-0.39, 0.29) is 41.8 Å². The van der Waals surface area contributed by atoms with Crippen molar-refractivity contribution in [2.24, 2.45) is 11.8 Å². The number of nitrogens with zero attached hydrogens (tertiary/aromatic N) is 4. The number of carbonyl (C=O) groups excluding carboxylic acids is 1. The van der Waals surface area contributed by atoms with E-state index < -0.39 is 0 Å². The van der Waals surface area contributed by atoms with Crippen LogP contribution in [-0.4, -0.2) is 25.7 Å². The van der Waals surface area contributed by atoms with Gasteiger partial charge in [0.05, 0.1) is 0 Å². The lowest BCUT2D eigenvalue weighted by atomic mass is 9.64. The molecular weight excluding hydrogens is 424 g/mol. The molecule has 2 bridgehead atoms. The molecule has 2 saturated heterocycles. The fourth-order valence-corrected chi connectivity index (χ4v) is 5.87. The zero-order valence-electron chi connectivity index (χ0n) is 18.6. The molecule has 4 N–H and O–H groups in total. The van der Waals surface area contributed by atoms with Crippen molar-refractivity contribution >= 4 is 5.78 Å². The highest BCUT2D eigenvalue weighted by molar-refractivity contribution is 5.87. The van der Waals surface area contributed by atoms with Gasteiger partial charge in [-0.3, -0.25) is 24.7 Å². The maximum Gasteiger partial charge on any atom is 0.164 e. The van der Waals surface area contributed by atoms with Crippen molar-refractivity contribution in [1.29, 1.82) is 0 Å². The van der Waals surface area contributed by atoms with Gasteiger partial charge in [0.1, 0.15) is 36.0 Å². The maximum absolute atomic E-state index is 14.4. The second kappa shape index (κ2) is 8.85. The number of nitrogens with two attached hydrogens (primary N) is 2. The third-order valence-corrected chi connectivity index (χ3v) is 7.31. The summed E-state index contributed by atoms with van der Waals surface area (Å²) in [6.45, 7) is 0. The summed E-state index contributed by atoms with van der Waals surface area (Å²) in [4.78, 5) is 31.9. The minimum absolute atomic E-state index is 0.0565. The molecule has 34 heavy (non-hydrogen) atoms. The molecular formula is C27H26N6O+2. The van der Waals surface area contributed by atoms with Gasteiger partial charge in [-0.25, -0.2) is 0 Å². The summed E-state index contributed by atoms with van der Waals surface area (Å²) in [5.74, 6) is -0.131. The first-order valence-corrected chi connectivity index (χ1v) is 11.6. The molecule has 2 unspecified atom stereocenters. The van der Waals surface area contributed by atoms with Crippen molar-refractivity contribution < 1.29 is 15.4 Å².